The van der Waals surface area contributed by atoms with Crippen LogP contribution in [0.4, 0.5) is 5.69 Å². The summed E-state index contributed by atoms with van der Waals surface area (Å²) in [6, 6.07) is 11.0. The third kappa shape index (κ3) is 4.84. The van der Waals surface area contributed by atoms with Gasteiger partial charge in [-0.25, -0.2) is 0 Å². The van der Waals surface area contributed by atoms with E-state index in [9.17, 15) is 9.59 Å². The number of nitrogens with zero attached hydrogens (tertiary/aromatic N) is 2. The number of pyridine rings is 1. The SMILES string of the molecule is COc1ccc(N(C(=O)c2ccco2)C(C(=O)NC2CCCC2)c2cccnc2)cc1OC. The summed E-state index contributed by atoms with van der Waals surface area (Å²) in [5.74, 6) is 0.341. The quantitative estimate of drug-likeness (QED) is 0.556. The zero-order valence-electron chi connectivity index (χ0n) is 18.7. The molecule has 1 saturated carbocycles. The van der Waals surface area contributed by atoms with Crippen molar-refractivity contribution >= 4 is 17.5 Å². The third-order valence-electron chi connectivity index (χ3n) is 5.80. The predicted molar refractivity (Wildman–Crippen MR) is 122 cm³/mol. The molecule has 3 aromatic rings. The second-order valence-corrected chi connectivity index (χ2v) is 7.87. The number of aromatic nitrogens is 1. The van der Waals surface area contributed by atoms with Gasteiger partial charge in [0, 0.05) is 35.8 Å². The van der Waals surface area contributed by atoms with E-state index in [4.69, 9.17) is 13.9 Å². The molecule has 1 N–H and O–H groups in total. The summed E-state index contributed by atoms with van der Waals surface area (Å²) >= 11 is 0. The molecule has 1 aromatic carbocycles. The highest BCUT2D eigenvalue weighted by Gasteiger charge is 2.36. The molecule has 2 amide bonds. The maximum Gasteiger partial charge on any atom is 0.294 e. The summed E-state index contributed by atoms with van der Waals surface area (Å²) in [5.41, 5.74) is 1.05. The summed E-state index contributed by atoms with van der Waals surface area (Å²) in [6.45, 7) is 0. The fourth-order valence-corrected chi connectivity index (χ4v) is 4.18. The number of amides is 2. The van der Waals surface area contributed by atoms with E-state index in [2.05, 4.69) is 10.3 Å². The van der Waals surface area contributed by atoms with Crippen molar-refractivity contribution in [2.24, 2.45) is 0 Å². The van der Waals surface area contributed by atoms with Gasteiger partial charge in [0.15, 0.2) is 17.3 Å². The van der Waals surface area contributed by atoms with Crippen LogP contribution < -0.4 is 19.7 Å². The molecule has 4 rings (SSSR count). The first-order chi connectivity index (χ1) is 16.1. The monoisotopic (exact) mass is 449 g/mol. The molecule has 0 aliphatic heterocycles. The second-order valence-electron chi connectivity index (χ2n) is 7.87. The first kappa shape index (κ1) is 22.4. The Bertz CT molecular complexity index is 1080. The van der Waals surface area contributed by atoms with Crippen LogP contribution in [0.2, 0.25) is 0 Å². The highest BCUT2D eigenvalue weighted by molar-refractivity contribution is 6.08. The van der Waals surface area contributed by atoms with Gasteiger partial charge in [-0.3, -0.25) is 19.5 Å². The first-order valence-electron chi connectivity index (χ1n) is 10.9. The van der Waals surface area contributed by atoms with Crippen LogP contribution in [0.1, 0.15) is 47.8 Å². The van der Waals surface area contributed by atoms with Crippen molar-refractivity contribution in [3.05, 3.63) is 72.4 Å². The molecule has 8 heteroatoms. The molecular weight excluding hydrogens is 422 g/mol. The molecule has 172 valence electrons. The Balaban J connectivity index is 1.82. The third-order valence-corrected chi connectivity index (χ3v) is 5.80. The summed E-state index contributed by atoms with van der Waals surface area (Å²) in [4.78, 5) is 32.9. The molecule has 2 heterocycles. The number of hydrogen-bond acceptors (Lipinski definition) is 6. The van der Waals surface area contributed by atoms with Crippen LogP contribution in [0.5, 0.6) is 11.5 Å². The van der Waals surface area contributed by atoms with Crippen molar-refractivity contribution in [2.45, 2.75) is 37.8 Å². The van der Waals surface area contributed by atoms with Crippen molar-refractivity contribution < 1.29 is 23.5 Å². The Kier molecular flexibility index (Phi) is 6.92. The van der Waals surface area contributed by atoms with E-state index in [1.165, 1.54) is 25.4 Å². The Morgan fingerprint density at radius 3 is 2.52 bits per heavy atom. The molecule has 1 fully saturated rings. The summed E-state index contributed by atoms with van der Waals surface area (Å²) in [7, 11) is 3.06. The standard InChI is InChI=1S/C25H27N3O5/c1-31-20-12-11-19(15-22(20)32-2)28(25(30)21-10-6-14-33-21)23(17-7-5-13-26-16-17)24(29)27-18-8-3-4-9-18/h5-7,10-16,18,23H,3-4,8-9H2,1-2H3,(H,27,29). The smallest absolute Gasteiger partial charge is 0.294 e. The van der Waals surface area contributed by atoms with Crippen molar-refractivity contribution in [2.75, 3.05) is 19.1 Å². The number of carbonyl (C=O) groups excluding carboxylic acids is 2. The van der Waals surface area contributed by atoms with Gasteiger partial charge in [-0.1, -0.05) is 18.9 Å². The Morgan fingerprint density at radius 1 is 1.09 bits per heavy atom. The number of rotatable bonds is 8. The van der Waals surface area contributed by atoms with Crippen LogP contribution in [0.3, 0.4) is 0 Å². The lowest BCUT2D eigenvalue weighted by molar-refractivity contribution is -0.123. The lowest BCUT2D eigenvalue weighted by atomic mass is 10.0. The molecule has 0 saturated heterocycles. The Morgan fingerprint density at radius 2 is 1.88 bits per heavy atom. The molecule has 1 atom stereocenters. The molecule has 1 aliphatic carbocycles. The molecule has 33 heavy (non-hydrogen) atoms. The molecular formula is C25H27N3O5. The highest BCUT2D eigenvalue weighted by Crippen LogP contribution is 2.36. The molecule has 1 unspecified atom stereocenters. The van der Waals surface area contributed by atoms with Crippen LogP contribution in [-0.2, 0) is 4.79 Å². The summed E-state index contributed by atoms with van der Waals surface area (Å²) in [5, 5.41) is 3.13. The van der Waals surface area contributed by atoms with Gasteiger partial charge < -0.3 is 19.2 Å². The molecule has 0 spiro atoms. The van der Waals surface area contributed by atoms with E-state index in [1.54, 1.807) is 54.9 Å². The van der Waals surface area contributed by atoms with Gasteiger partial charge in [-0.15, -0.1) is 0 Å². The number of carbonyl (C=O) groups is 2. The van der Waals surface area contributed by atoms with Crippen LogP contribution in [0, 0.1) is 0 Å². The summed E-state index contributed by atoms with van der Waals surface area (Å²) < 4.78 is 16.2. The minimum atomic E-state index is -0.963. The topological polar surface area (TPSA) is 93.9 Å². The molecule has 1 aliphatic rings. The van der Waals surface area contributed by atoms with Crippen LogP contribution in [0.15, 0.2) is 65.5 Å². The average Bonchev–Trinajstić information content (AvgIpc) is 3.57. The maximum absolute atomic E-state index is 13.7. The number of hydrogen-bond donors (Lipinski definition) is 1. The lowest BCUT2D eigenvalue weighted by Crippen LogP contribution is -2.46. The minimum absolute atomic E-state index is 0.0858. The van der Waals surface area contributed by atoms with E-state index in [0.717, 1.165) is 25.7 Å². The van der Waals surface area contributed by atoms with E-state index in [-0.39, 0.29) is 17.7 Å². The minimum Gasteiger partial charge on any atom is -0.493 e. The van der Waals surface area contributed by atoms with E-state index < -0.39 is 11.9 Å². The van der Waals surface area contributed by atoms with Crippen molar-refractivity contribution in [3.8, 4) is 11.5 Å². The zero-order valence-corrected chi connectivity index (χ0v) is 18.7. The zero-order chi connectivity index (χ0) is 23.2. The highest BCUT2D eigenvalue weighted by atomic mass is 16.5. The van der Waals surface area contributed by atoms with Crippen LogP contribution >= 0.6 is 0 Å². The van der Waals surface area contributed by atoms with E-state index in [0.29, 0.717) is 22.7 Å². The van der Waals surface area contributed by atoms with Crippen molar-refractivity contribution in [1.82, 2.24) is 10.3 Å². The Labute approximate surface area is 192 Å². The number of anilines is 1. The number of benzene rings is 1. The largest absolute Gasteiger partial charge is 0.493 e. The molecule has 8 nitrogen and oxygen atoms in total. The molecule has 0 radical (unpaired) electrons. The fourth-order valence-electron chi connectivity index (χ4n) is 4.18. The molecule has 2 aromatic heterocycles. The van der Waals surface area contributed by atoms with Gasteiger partial charge in [0.2, 0.25) is 5.91 Å². The van der Waals surface area contributed by atoms with Crippen LogP contribution in [0.25, 0.3) is 0 Å². The van der Waals surface area contributed by atoms with E-state index >= 15 is 0 Å². The predicted octanol–water partition coefficient (Wildman–Crippen LogP) is 4.14. The molecule has 0 bridgehead atoms. The van der Waals surface area contributed by atoms with E-state index in [1.807, 2.05) is 0 Å². The maximum atomic E-state index is 13.7. The Hall–Kier alpha value is -3.81. The van der Waals surface area contributed by atoms with Gasteiger partial charge in [0.1, 0.15) is 6.04 Å². The van der Waals surface area contributed by atoms with Gasteiger partial charge >= 0.3 is 0 Å². The normalized spacial score (nSPS) is 14.5. The van der Waals surface area contributed by atoms with Gasteiger partial charge in [-0.05, 0) is 43.2 Å². The number of methoxy groups -OCH3 is 2. The van der Waals surface area contributed by atoms with Gasteiger partial charge in [0.25, 0.3) is 5.91 Å². The average molecular weight is 450 g/mol. The fraction of sp³-hybridized carbons (Fsp3) is 0.320. The summed E-state index contributed by atoms with van der Waals surface area (Å²) in [6.07, 6.45) is 8.66. The van der Waals surface area contributed by atoms with Gasteiger partial charge in [0.05, 0.1) is 20.5 Å². The number of furan rings is 1. The second kappa shape index (κ2) is 10.2. The number of nitrogens with one attached hydrogen (secondary N) is 1. The lowest BCUT2D eigenvalue weighted by Gasteiger charge is -2.32. The van der Waals surface area contributed by atoms with Crippen molar-refractivity contribution in [3.63, 3.8) is 0 Å². The first-order valence-corrected chi connectivity index (χ1v) is 10.9. The number of ether oxygens (including phenoxy) is 2. The van der Waals surface area contributed by atoms with Gasteiger partial charge in [-0.2, -0.15) is 0 Å². The van der Waals surface area contributed by atoms with Crippen molar-refractivity contribution in [1.29, 1.82) is 0 Å². The van der Waals surface area contributed by atoms with Crippen LogP contribution in [-0.4, -0.2) is 37.1 Å².